The summed E-state index contributed by atoms with van der Waals surface area (Å²) < 4.78 is 5.17. The number of ether oxygens (including phenoxy) is 1. The molecule has 134 valence electrons. The highest BCUT2D eigenvalue weighted by Crippen LogP contribution is 2.26. The molecule has 1 fully saturated rings. The van der Waals surface area contributed by atoms with Gasteiger partial charge in [0.1, 0.15) is 0 Å². The summed E-state index contributed by atoms with van der Waals surface area (Å²) in [6, 6.07) is 0.287. The fourth-order valence-corrected chi connectivity index (χ4v) is 3.30. The summed E-state index contributed by atoms with van der Waals surface area (Å²) in [5.74, 6) is 0.959. The van der Waals surface area contributed by atoms with Crippen molar-refractivity contribution in [1.82, 2.24) is 4.90 Å². The molecule has 0 spiro atoms. The van der Waals surface area contributed by atoms with Crippen molar-refractivity contribution in [1.29, 1.82) is 0 Å². The van der Waals surface area contributed by atoms with E-state index in [2.05, 4.69) is 20.8 Å². The van der Waals surface area contributed by atoms with Crippen LogP contribution in [0.15, 0.2) is 0 Å². The maximum atomic E-state index is 12.2. The van der Waals surface area contributed by atoms with Crippen LogP contribution in [0.4, 0.5) is 0 Å². The van der Waals surface area contributed by atoms with Gasteiger partial charge in [-0.2, -0.15) is 0 Å². The van der Waals surface area contributed by atoms with Gasteiger partial charge in [0.2, 0.25) is 0 Å². The van der Waals surface area contributed by atoms with Gasteiger partial charge in [0.15, 0.2) is 6.61 Å². The molecule has 0 aliphatic heterocycles. The molecule has 1 amide bonds. The lowest BCUT2D eigenvalue weighted by Gasteiger charge is -2.33. The van der Waals surface area contributed by atoms with Gasteiger partial charge in [0.05, 0.1) is 0 Å². The molecule has 0 bridgehead atoms. The predicted molar refractivity (Wildman–Crippen MR) is 91.8 cm³/mol. The van der Waals surface area contributed by atoms with Gasteiger partial charge < -0.3 is 15.4 Å². The van der Waals surface area contributed by atoms with Crippen molar-refractivity contribution < 1.29 is 14.3 Å². The summed E-state index contributed by atoms with van der Waals surface area (Å²) in [7, 11) is 1.82. The number of hydrogen-bond donors (Lipinski definition) is 1. The van der Waals surface area contributed by atoms with Crippen molar-refractivity contribution in [2.24, 2.45) is 23.5 Å². The van der Waals surface area contributed by atoms with Crippen LogP contribution in [-0.2, 0) is 14.3 Å². The SMILES string of the molecule is CC(C)C[C@H](CN)CC(=O)OCC(=O)N(C)C1CCC(C)CC1. The third kappa shape index (κ3) is 7.34. The molecule has 2 N–H and O–H groups in total. The van der Waals surface area contributed by atoms with Gasteiger partial charge in [-0.15, -0.1) is 0 Å². The van der Waals surface area contributed by atoms with Crippen LogP contribution >= 0.6 is 0 Å². The number of nitrogens with two attached hydrogens (primary N) is 1. The van der Waals surface area contributed by atoms with E-state index in [-0.39, 0.29) is 30.4 Å². The van der Waals surface area contributed by atoms with Crippen LogP contribution < -0.4 is 5.73 Å². The Balaban J connectivity index is 2.32. The lowest BCUT2D eigenvalue weighted by atomic mass is 9.87. The summed E-state index contributed by atoms with van der Waals surface area (Å²) in [5, 5.41) is 0. The van der Waals surface area contributed by atoms with Gasteiger partial charge in [-0.25, -0.2) is 0 Å². The van der Waals surface area contributed by atoms with Gasteiger partial charge >= 0.3 is 5.97 Å². The zero-order chi connectivity index (χ0) is 17.4. The van der Waals surface area contributed by atoms with Crippen molar-refractivity contribution in [2.45, 2.75) is 65.3 Å². The number of rotatable bonds is 8. The van der Waals surface area contributed by atoms with E-state index in [4.69, 9.17) is 10.5 Å². The quantitative estimate of drug-likeness (QED) is 0.696. The summed E-state index contributed by atoms with van der Waals surface area (Å²) >= 11 is 0. The molecular weight excluding hydrogens is 292 g/mol. The highest BCUT2D eigenvalue weighted by molar-refractivity contribution is 5.80. The molecule has 1 aliphatic carbocycles. The third-order valence-electron chi connectivity index (χ3n) is 4.88. The Labute approximate surface area is 140 Å². The molecule has 0 unspecified atom stereocenters. The first-order chi connectivity index (χ1) is 10.8. The second kappa shape index (κ2) is 9.91. The Kier molecular flexibility index (Phi) is 8.59. The van der Waals surface area contributed by atoms with Crippen LogP contribution in [-0.4, -0.2) is 43.0 Å². The highest BCUT2D eigenvalue weighted by atomic mass is 16.5. The number of carbonyl (C=O) groups is 2. The van der Waals surface area contributed by atoms with Crippen LogP contribution in [0, 0.1) is 17.8 Å². The van der Waals surface area contributed by atoms with Crippen LogP contribution in [0.2, 0.25) is 0 Å². The molecule has 5 nitrogen and oxygen atoms in total. The molecule has 5 heteroatoms. The first-order valence-electron chi connectivity index (χ1n) is 8.94. The average molecular weight is 326 g/mol. The number of carbonyl (C=O) groups excluding carboxylic acids is 2. The number of esters is 1. The zero-order valence-electron chi connectivity index (χ0n) is 15.2. The Bertz CT molecular complexity index is 376. The smallest absolute Gasteiger partial charge is 0.306 e. The average Bonchev–Trinajstić information content (AvgIpc) is 2.51. The highest BCUT2D eigenvalue weighted by Gasteiger charge is 2.25. The summed E-state index contributed by atoms with van der Waals surface area (Å²) in [6.45, 7) is 6.79. The van der Waals surface area contributed by atoms with E-state index >= 15 is 0 Å². The van der Waals surface area contributed by atoms with Gasteiger partial charge in [-0.1, -0.05) is 20.8 Å². The number of hydrogen-bond acceptors (Lipinski definition) is 4. The molecular formula is C18H34N2O3. The lowest BCUT2D eigenvalue weighted by Crippen LogP contribution is -2.41. The minimum Gasteiger partial charge on any atom is -0.456 e. The zero-order valence-corrected chi connectivity index (χ0v) is 15.2. The summed E-state index contributed by atoms with van der Waals surface area (Å²) in [6.07, 6.45) is 5.61. The molecule has 0 saturated heterocycles. The van der Waals surface area contributed by atoms with Gasteiger partial charge in [-0.3, -0.25) is 9.59 Å². The van der Waals surface area contributed by atoms with Crippen LogP contribution in [0.5, 0.6) is 0 Å². The molecule has 1 rings (SSSR count). The molecule has 0 radical (unpaired) electrons. The van der Waals surface area contributed by atoms with Crippen molar-refractivity contribution >= 4 is 11.9 Å². The van der Waals surface area contributed by atoms with Crippen molar-refractivity contribution in [3.05, 3.63) is 0 Å². The maximum absolute atomic E-state index is 12.2. The molecule has 1 saturated carbocycles. The van der Waals surface area contributed by atoms with E-state index in [1.807, 2.05) is 7.05 Å². The van der Waals surface area contributed by atoms with Crippen molar-refractivity contribution in [3.63, 3.8) is 0 Å². The minimum atomic E-state index is -0.319. The summed E-state index contributed by atoms with van der Waals surface area (Å²) in [4.78, 5) is 25.8. The van der Waals surface area contributed by atoms with Crippen LogP contribution in [0.1, 0.15) is 59.3 Å². The normalized spacial score (nSPS) is 22.7. The van der Waals surface area contributed by atoms with Crippen LogP contribution in [0.3, 0.4) is 0 Å². The Morgan fingerprint density at radius 1 is 1.22 bits per heavy atom. The van der Waals surface area contributed by atoms with E-state index in [1.54, 1.807) is 4.90 Å². The molecule has 1 aliphatic rings. The topological polar surface area (TPSA) is 72.6 Å². The molecule has 0 aromatic heterocycles. The second-order valence-electron chi connectivity index (χ2n) is 7.51. The van der Waals surface area contributed by atoms with Gasteiger partial charge in [-0.05, 0) is 56.4 Å². The largest absolute Gasteiger partial charge is 0.456 e. The first kappa shape index (κ1) is 19.9. The standard InChI is InChI=1S/C18H34N2O3/c1-13(2)9-15(11-19)10-18(22)23-12-17(21)20(4)16-7-5-14(3)6-8-16/h13-16H,5-12,19H2,1-4H3/t14?,15-,16?/m0/s1. The molecule has 1 atom stereocenters. The fourth-order valence-electron chi connectivity index (χ4n) is 3.30. The van der Waals surface area contributed by atoms with Crippen molar-refractivity contribution in [2.75, 3.05) is 20.2 Å². The van der Waals surface area contributed by atoms with E-state index in [1.165, 1.54) is 0 Å². The maximum Gasteiger partial charge on any atom is 0.306 e. The van der Waals surface area contributed by atoms with Gasteiger partial charge in [0.25, 0.3) is 5.91 Å². The Morgan fingerprint density at radius 3 is 2.35 bits per heavy atom. The fraction of sp³-hybridized carbons (Fsp3) is 0.889. The first-order valence-corrected chi connectivity index (χ1v) is 8.94. The van der Waals surface area contributed by atoms with Gasteiger partial charge in [0, 0.05) is 19.5 Å². The lowest BCUT2D eigenvalue weighted by molar-refractivity contribution is -0.153. The number of amides is 1. The molecule has 23 heavy (non-hydrogen) atoms. The minimum absolute atomic E-state index is 0.105. The van der Waals surface area contributed by atoms with E-state index < -0.39 is 0 Å². The van der Waals surface area contributed by atoms with E-state index in [0.29, 0.717) is 18.9 Å². The molecule has 0 aromatic rings. The van der Waals surface area contributed by atoms with Crippen molar-refractivity contribution in [3.8, 4) is 0 Å². The summed E-state index contributed by atoms with van der Waals surface area (Å²) in [5.41, 5.74) is 5.70. The van der Waals surface area contributed by atoms with Crippen LogP contribution in [0.25, 0.3) is 0 Å². The Morgan fingerprint density at radius 2 is 1.83 bits per heavy atom. The third-order valence-corrected chi connectivity index (χ3v) is 4.88. The molecule has 0 aromatic carbocycles. The number of nitrogens with zero attached hydrogens (tertiary/aromatic N) is 1. The van der Waals surface area contributed by atoms with E-state index in [9.17, 15) is 9.59 Å². The monoisotopic (exact) mass is 326 g/mol. The second-order valence-corrected chi connectivity index (χ2v) is 7.51. The Hall–Kier alpha value is -1.10. The van der Waals surface area contributed by atoms with E-state index in [0.717, 1.165) is 38.0 Å². The number of likely N-dealkylation sites (N-methyl/N-ethyl adjacent to an activating group) is 1. The molecule has 0 heterocycles. The predicted octanol–water partition coefficient (Wildman–Crippen LogP) is 2.58.